The van der Waals surface area contributed by atoms with E-state index >= 15 is 0 Å². The lowest BCUT2D eigenvalue weighted by molar-refractivity contribution is -0.0893. The summed E-state index contributed by atoms with van der Waals surface area (Å²) in [7, 11) is 4.00. The Bertz CT molecular complexity index is 885. The molecule has 0 spiro atoms. The van der Waals surface area contributed by atoms with Gasteiger partial charge in [-0.25, -0.2) is 9.18 Å². The van der Waals surface area contributed by atoms with E-state index in [1.807, 2.05) is 20.2 Å². The van der Waals surface area contributed by atoms with Crippen molar-refractivity contribution in [2.75, 3.05) is 20.6 Å². The van der Waals surface area contributed by atoms with Crippen molar-refractivity contribution in [3.8, 4) is 5.75 Å². The van der Waals surface area contributed by atoms with Gasteiger partial charge < -0.3 is 14.7 Å². The van der Waals surface area contributed by atoms with E-state index in [1.54, 1.807) is 30.3 Å². The van der Waals surface area contributed by atoms with Crippen LogP contribution in [0.25, 0.3) is 0 Å². The standard InChI is InChI=1S/C24H28FNO3/c1-26(2)15-22-18-9-8-16(10-18)14-24(22,28)19-11-20(25)13-21(12-19)29-23(27)17-6-4-3-5-7-17/h3-7,11-13,16,18,22,28H,8-10,14-15H2,1-2H3. The van der Waals surface area contributed by atoms with Gasteiger partial charge in [-0.15, -0.1) is 0 Å². The lowest BCUT2D eigenvalue weighted by Crippen LogP contribution is -2.47. The number of ether oxygens (including phenoxy) is 1. The lowest BCUT2D eigenvalue weighted by Gasteiger charge is -2.45. The average molecular weight is 397 g/mol. The second-order valence-corrected chi connectivity index (χ2v) is 8.87. The molecule has 4 nitrogen and oxygen atoms in total. The Morgan fingerprint density at radius 1 is 1.21 bits per heavy atom. The van der Waals surface area contributed by atoms with Crippen LogP contribution in [0.2, 0.25) is 0 Å². The van der Waals surface area contributed by atoms with Crippen LogP contribution >= 0.6 is 0 Å². The third kappa shape index (κ3) is 4.07. The number of carbonyl (C=O) groups is 1. The average Bonchev–Trinajstić information content (AvgIpc) is 3.08. The summed E-state index contributed by atoms with van der Waals surface area (Å²) in [5, 5.41) is 11.8. The predicted octanol–water partition coefficient (Wildman–Crippen LogP) is 4.23. The molecule has 2 aromatic rings. The number of esters is 1. The first-order valence-electron chi connectivity index (χ1n) is 10.3. The van der Waals surface area contributed by atoms with E-state index in [0.717, 1.165) is 25.8 Å². The van der Waals surface area contributed by atoms with Crippen molar-refractivity contribution < 1.29 is 19.0 Å². The van der Waals surface area contributed by atoms with E-state index in [2.05, 4.69) is 4.90 Å². The molecule has 0 aromatic heterocycles. The Labute approximate surface area is 171 Å². The fourth-order valence-corrected chi connectivity index (χ4v) is 5.28. The summed E-state index contributed by atoms with van der Waals surface area (Å²) in [5.74, 6) is -0.00253. The van der Waals surface area contributed by atoms with E-state index in [-0.39, 0.29) is 11.7 Å². The van der Waals surface area contributed by atoms with Crippen LogP contribution in [0.4, 0.5) is 4.39 Å². The maximum atomic E-state index is 14.5. The van der Waals surface area contributed by atoms with Gasteiger partial charge in [-0.05, 0) is 75.0 Å². The van der Waals surface area contributed by atoms with Crippen molar-refractivity contribution in [3.63, 3.8) is 0 Å². The fourth-order valence-electron chi connectivity index (χ4n) is 5.28. The second-order valence-electron chi connectivity index (χ2n) is 8.87. The molecule has 0 radical (unpaired) electrons. The highest BCUT2D eigenvalue weighted by atomic mass is 19.1. The normalized spacial score (nSPS) is 28.5. The number of aliphatic hydroxyl groups is 1. The highest BCUT2D eigenvalue weighted by Crippen LogP contribution is 2.54. The topological polar surface area (TPSA) is 49.8 Å². The molecule has 5 heteroatoms. The molecule has 2 fully saturated rings. The predicted molar refractivity (Wildman–Crippen MR) is 109 cm³/mol. The molecular weight excluding hydrogens is 369 g/mol. The molecular formula is C24H28FNO3. The highest BCUT2D eigenvalue weighted by Gasteiger charge is 2.51. The molecule has 0 saturated heterocycles. The Balaban J connectivity index is 1.66. The van der Waals surface area contributed by atoms with Crippen LogP contribution in [0.5, 0.6) is 5.75 Å². The van der Waals surface area contributed by atoms with Crippen LogP contribution in [-0.4, -0.2) is 36.6 Å². The minimum atomic E-state index is -1.12. The number of carbonyl (C=O) groups excluding carboxylic acids is 1. The maximum absolute atomic E-state index is 14.5. The Morgan fingerprint density at radius 2 is 1.97 bits per heavy atom. The number of nitrogens with zero attached hydrogens (tertiary/aromatic N) is 1. The van der Waals surface area contributed by atoms with E-state index in [1.165, 1.54) is 12.1 Å². The summed E-state index contributed by atoms with van der Waals surface area (Å²) in [6.07, 6.45) is 3.97. The molecule has 2 aliphatic carbocycles. The maximum Gasteiger partial charge on any atom is 0.343 e. The van der Waals surface area contributed by atoms with Gasteiger partial charge in [0, 0.05) is 18.5 Å². The van der Waals surface area contributed by atoms with E-state index in [9.17, 15) is 14.3 Å². The minimum Gasteiger partial charge on any atom is -0.423 e. The Hall–Kier alpha value is -2.24. The molecule has 2 aliphatic rings. The molecule has 0 aliphatic heterocycles. The number of fused-ring (bicyclic) bond motifs is 2. The summed E-state index contributed by atoms with van der Waals surface area (Å²) in [6, 6.07) is 12.9. The lowest BCUT2D eigenvalue weighted by atomic mass is 9.66. The van der Waals surface area contributed by atoms with Gasteiger partial charge in [0.15, 0.2) is 0 Å². The summed E-state index contributed by atoms with van der Waals surface area (Å²) in [5.41, 5.74) is -0.209. The molecule has 0 heterocycles. The molecule has 29 heavy (non-hydrogen) atoms. The first kappa shape index (κ1) is 20.0. The van der Waals surface area contributed by atoms with Crippen LogP contribution in [0, 0.1) is 23.6 Å². The van der Waals surface area contributed by atoms with Gasteiger partial charge in [-0.1, -0.05) is 24.6 Å². The van der Waals surface area contributed by atoms with Crippen molar-refractivity contribution in [3.05, 3.63) is 65.5 Å². The van der Waals surface area contributed by atoms with Crippen molar-refractivity contribution >= 4 is 5.97 Å². The zero-order valence-corrected chi connectivity index (χ0v) is 17.0. The van der Waals surface area contributed by atoms with Crippen molar-refractivity contribution in [1.82, 2.24) is 4.90 Å². The number of hydrogen-bond acceptors (Lipinski definition) is 4. The molecule has 2 aromatic carbocycles. The molecule has 4 unspecified atom stereocenters. The monoisotopic (exact) mass is 397 g/mol. The second kappa shape index (κ2) is 7.88. The Kier molecular flexibility index (Phi) is 5.45. The van der Waals surface area contributed by atoms with Gasteiger partial charge in [0.1, 0.15) is 11.6 Å². The van der Waals surface area contributed by atoms with Gasteiger partial charge >= 0.3 is 5.97 Å². The van der Waals surface area contributed by atoms with Gasteiger partial charge in [0.25, 0.3) is 0 Å². The number of halogens is 1. The highest BCUT2D eigenvalue weighted by molar-refractivity contribution is 5.90. The van der Waals surface area contributed by atoms with Gasteiger partial charge in [-0.3, -0.25) is 0 Å². The van der Waals surface area contributed by atoms with Gasteiger partial charge in [0.2, 0.25) is 0 Å². The van der Waals surface area contributed by atoms with E-state index < -0.39 is 17.4 Å². The number of rotatable bonds is 5. The summed E-state index contributed by atoms with van der Waals surface area (Å²) < 4.78 is 19.9. The van der Waals surface area contributed by atoms with E-state index in [0.29, 0.717) is 29.4 Å². The van der Waals surface area contributed by atoms with Crippen molar-refractivity contribution in [2.24, 2.45) is 17.8 Å². The van der Waals surface area contributed by atoms with Crippen molar-refractivity contribution in [1.29, 1.82) is 0 Å². The number of hydrogen-bond donors (Lipinski definition) is 1. The summed E-state index contributed by atoms with van der Waals surface area (Å²) in [4.78, 5) is 14.5. The molecule has 4 atom stereocenters. The van der Waals surface area contributed by atoms with Gasteiger partial charge in [-0.2, -0.15) is 0 Å². The zero-order chi connectivity index (χ0) is 20.6. The van der Waals surface area contributed by atoms with Crippen LogP contribution in [0.15, 0.2) is 48.5 Å². The van der Waals surface area contributed by atoms with Crippen molar-refractivity contribution in [2.45, 2.75) is 31.3 Å². The Morgan fingerprint density at radius 3 is 2.69 bits per heavy atom. The van der Waals surface area contributed by atoms with Crippen LogP contribution in [-0.2, 0) is 5.60 Å². The van der Waals surface area contributed by atoms with Gasteiger partial charge in [0.05, 0.1) is 11.2 Å². The van der Waals surface area contributed by atoms with E-state index in [4.69, 9.17) is 4.74 Å². The number of benzene rings is 2. The quantitative estimate of drug-likeness (QED) is 0.606. The van der Waals surface area contributed by atoms with Crippen LogP contribution < -0.4 is 4.74 Å². The third-order valence-electron chi connectivity index (χ3n) is 6.52. The molecule has 0 amide bonds. The first-order valence-corrected chi connectivity index (χ1v) is 10.3. The SMILES string of the molecule is CN(C)CC1C2CCC(C2)CC1(O)c1cc(F)cc(OC(=O)c2ccccc2)c1. The molecule has 2 saturated carbocycles. The smallest absolute Gasteiger partial charge is 0.343 e. The van der Waals surface area contributed by atoms with Crippen LogP contribution in [0.1, 0.15) is 41.6 Å². The summed E-state index contributed by atoms with van der Waals surface area (Å²) >= 11 is 0. The largest absolute Gasteiger partial charge is 0.423 e. The van der Waals surface area contributed by atoms with Crippen LogP contribution in [0.3, 0.4) is 0 Å². The molecule has 4 rings (SSSR count). The summed E-state index contributed by atoms with van der Waals surface area (Å²) in [6.45, 7) is 0.740. The minimum absolute atomic E-state index is 0.0238. The first-order chi connectivity index (χ1) is 13.8. The fraction of sp³-hybridized carbons (Fsp3) is 0.458. The molecule has 1 N–H and O–H groups in total. The molecule has 154 valence electrons. The molecule has 2 bridgehead atoms. The zero-order valence-electron chi connectivity index (χ0n) is 17.0. The third-order valence-corrected chi connectivity index (χ3v) is 6.52.